The van der Waals surface area contributed by atoms with Crippen LogP contribution in [-0.2, 0) is 4.74 Å². The maximum Gasteiger partial charge on any atom is 0.338 e. The number of hydrogen-bond acceptors (Lipinski definition) is 4. The molecule has 0 saturated heterocycles. The largest absolute Gasteiger partial charge is 0.456 e. The molecule has 84 valence electrons. The molecule has 0 N–H and O–H groups in total. The lowest BCUT2D eigenvalue weighted by molar-refractivity contribution is 0.00697. The fraction of sp³-hybridized carbons (Fsp3) is 0.333. The molecule has 0 amide bonds. The molecule has 1 heterocycles. The van der Waals surface area contributed by atoms with Crippen LogP contribution in [0.15, 0.2) is 29.0 Å². The Morgan fingerprint density at radius 3 is 2.81 bits per heavy atom. The van der Waals surface area contributed by atoms with Crippen LogP contribution in [0.2, 0.25) is 0 Å². The number of ether oxygens (including phenoxy) is 1. The molecule has 0 spiro atoms. The van der Waals surface area contributed by atoms with Crippen LogP contribution >= 0.6 is 0 Å². The van der Waals surface area contributed by atoms with Gasteiger partial charge in [-0.15, -0.1) is 0 Å². The molecular weight excluding hydrogens is 206 g/mol. The number of nitrogens with zero attached hydrogens (tertiary/aromatic N) is 1. The van der Waals surface area contributed by atoms with Gasteiger partial charge in [-0.05, 0) is 39.0 Å². The SMILES string of the molecule is CC(C)(C)OC(=O)c1ccc2ocnc2c1. The lowest BCUT2D eigenvalue weighted by Gasteiger charge is -2.19. The second-order valence-corrected chi connectivity index (χ2v) is 4.54. The summed E-state index contributed by atoms with van der Waals surface area (Å²) < 4.78 is 10.3. The van der Waals surface area contributed by atoms with Gasteiger partial charge in [-0.2, -0.15) is 0 Å². The van der Waals surface area contributed by atoms with Crippen LogP contribution in [0.5, 0.6) is 0 Å². The lowest BCUT2D eigenvalue weighted by Crippen LogP contribution is -2.23. The molecule has 0 fully saturated rings. The minimum Gasteiger partial charge on any atom is -0.456 e. The second-order valence-electron chi connectivity index (χ2n) is 4.54. The van der Waals surface area contributed by atoms with Gasteiger partial charge in [0.05, 0.1) is 5.56 Å². The zero-order valence-electron chi connectivity index (χ0n) is 9.48. The first-order chi connectivity index (χ1) is 7.46. The number of esters is 1. The lowest BCUT2D eigenvalue weighted by atomic mass is 10.1. The first-order valence-electron chi connectivity index (χ1n) is 5.02. The summed E-state index contributed by atoms with van der Waals surface area (Å²) in [6.07, 6.45) is 1.35. The molecule has 16 heavy (non-hydrogen) atoms. The Morgan fingerprint density at radius 2 is 2.12 bits per heavy atom. The number of aromatic nitrogens is 1. The van der Waals surface area contributed by atoms with Crippen molar-refractivity contribution in [3.05, 3.63) is 30.2 Å². The van der Waals surface area contributed by atoms with E-state index < -0.39 is 5.60 Å². The van der Waals surface area contributed by atoms with E-state index in [4.69, 9.17) is 9.15 Å². The molecule has 2 rings (SSSR count). The molecule has 2 aromatic rings. The molecule has 0 aliphatic carbocycles. The van der Waals surface area contributed by atoms with E-state index in [1.807, 2.05) is 20.8 Å². The summed E-state index contributed by atoms with van der Waals surface area (Å²) in [5, 5.41) is 0. The molecular formula is C12H13NO3. The van der Waals surface area contributed by atoms with Crippen molar-refractivity contribution in [3.63, 3.8) is 0 Å². The van der Waals surface area contributed by atoms with Gasteiger partial charge in [0, 0.05) is 0 Å². The van der Waals surface area contributed by atoms with Gasteiger partial charge >= 0.3 is 5.97 Å². The van der Waals surface area contributed by atoms with Crippen LogP contribution in [-0.4, -0.2) is 16.6 Å². The average molecular weight is 219 g/mol. The molecule has 0 saturated carbocycles. The summed E-state index contributed by atoms with van der Waals surface area (Å²) in [6.45, 7) is 5.50. The normalized spacial score (nSPS) is 11.7. The van der Waals surface area contributed by atoms with Crippen LogP contribution in [0.25, 0.3) is 11.1 Å². The van der Waals surface area contributed by atoms with Crippen LogP contribution in [0.1, 0.15) is 31.1 Å². The van der Waals surface area contributed by atoms with Crippen molar-refractivity contribution in [2.24, 2.45) is 0 Å². The van der Waals surface area contributed by atoms with E-state index in [9.17, 15) is 4.79 Å². The Bertz CT molecular complexity index is 522. The molecule has 0 aliphatic heterocycles. The van der Waals surface area contributed by atoms with Crippen molar-refractivity contribution < 1.29 is 13.9 Å². The standard InChI is InChI=1S/C12H13NO3/c1-12(2,3)16-11(14)8-4-5-10-9(6-8)13-7-15-10/h4-7H,1-3H3. The summed E-state index contributed by atoms with van der Waals surface area (Å²) in [5.74, 6) is -0.350. The van der Waals surface area contributed by atoms with Crippen molar-refractivity contribution in [3.8, 4) is 0 Å². The van der Waals surface area contributed by atoms with Crippen molar-refractivity contribution in [2.75, 3.05) is 0 Å². The van der Waals surface area contributed by atoms with E-state index in [1.165, 1.54) is 6.39 Å². The monoisotopic (exact) mass is 219 g/mol. The average Bonchev–Trinajstić information content (AvgIpc) is 2.61. The number of fused-ring (bicyclic) bond motifs is 1. The molecule has 1 aromatic heterocycles. The van der Waals surface area contributed by atoms with Gasteiger partial charge < -0.3 is 9.15 Å². The van der Waals surface area contributed by atoms with Gasteiger partial charge in [0.15, 0.2) is 12.0 Å². The highest BCUT2D eigenvalue weighted by molar-refractivity contribution is 5.93. The van der Waals surface area contributed by atoms with E-state index in [2.05, 4.69) is 4.98 Å². The van der Waals surface area contributed by atoms with Crippen molar-refractivity contribution in [2.45, 2.75) is 26.4 Å². The number of carbonyl (C=O) groups excluding carboxylic acids is 1. The van der Waals surface area contributed by atoms with Gasteiger partial charge in [0.25, 0.3) is 0 Å². The first kappa shape index (κ1) is 10.7. The Morgan fingerprint density at radius 1 is 1.38 bits per heavy atom. The van der Waals surface area contributed by atoms with Gasteiger partial charge in [-0.1, -0.05) is 0 Å². The summed E-state index contributed by atoms with van der Waals surface area (Å²) in [4.78, 5) is 15.7. The summed E-state index contributed by atoms with van der Waals surface area (Å²) in [7, 11) is 0. The number of oxazole rings is 1. The highest BCUT2D eigenvalue weighted by Gasteiger charge is 2.18. The zero-order chi connectivity index (χ0) is 11.8. The smallest absolute Gasteiger partial charge is 0.338 e. The molecule has 0 aliphatic rings. The van der Waals surface area contributed by atoms with Gasteiger partial charge in [0.1, 0.15) is 11.1 Å². The summed E-state index contributed by atoms with van der Waals surface area (Å²) in [5.41, 5.74) is 1.31. The predicted octanol–water partition coefficient (Wildman–Crippen LogP) is 2.78. The van der Waals surface area contributed by atoms with Crippen molar-refractivity contribution in [1.82, 2.24) is 4.98 Å². The Balaban J connectivity index is 2.29. The second kappa shape index (κ2) is 3.63. The minimum absolute atomic E-state index is 0.350. The van der Waals surface area contributed by atoms with Gasteiger partial charge in [-0.3, -0.25) is 0 Å². The van der Waals surface area contributed by atoms with E-state index >= 15 is 0 Å². The third-order valence-corrected chi connectivity index (χ3v) is 1.96. The highest BCUT2D eigenvalue weighted by Crippen LogP contribution is 2.17. The van der Waals surface area contributed by atoms with E-state index in [1.54, 1.807) is 18.2 Å². The highest BCUT2D eigenvalue weighted by atomic mass is 16.6. The molecule has 0 radical (unpaired) electrons. The van der Waals surface area contributed by atoms with Crippen LogP contribution < -0.4 is 0 Å². The first-order valence-corrected chi connectivity index (χ1v) is 5.02. The molecule has 4 heteroatoms. The van der Waals surface area contributed by atoms with Crippen LogP contribution in [0, 0.1) is 0 Å². The molecule has 1 aromatic carbocycles. The third kappa shape index (κ3) is 2.21. The molecule has 0 atom stereocenters. The number of carbonyl (C=O) groups is 1. The molecule has 0 bridgehead atoms. The minimum atomic E-state index is -0.490. The van der Waals surface area contributed by atoms with E-state index in [0.29, 0.717) is 16.7 Å². The maximum absolute atomic E-state index is 11.7. The van der Waals surface area contributed by atoms with Crippen LogP contribution in [0.3, 0.4) is 0 Å². The van der Waals surface area contributed by atoms with E-state index in [-0.39, 0.29) is 5.97 Å². The fourth-order valence-electron chi connectivity index (χ4n) is 1.32. The van der Waals surface area contributed by atoms with E-state index in [0.717, 1.165) is 0 Å². The fourth-order valence-corrected chi connectivity index (χ4v) is 1.32. The topological polar surface area (TPSA) is 52.3 Å². The molecule has 4 nitrogen and oxygen atoms in total. The number of rotatable bonds is 1. The van der Waals surface area contributed by atoms with Crippen LogP contribution in [0.4, 0.5) is 0 Å². The van der Waals surface area contributed by atoms with Crippen molar-refractivity contribution in [1.29, 1.82) is 0 Å². The Hall–Kier alpha value is -1.84. The Labute approximate surface area is 93.2 Å². The van der Waals surface area contributed by atoms with Gasteiger partial charge in [0.2, 0.25) is 0 Å². The zero-order valence-corrected chi connectivity index (χ0v) is 9.48. The summed E-state index contributed by atoms with van der Waals surface area (Å²) in [6, 6.07) is 5.04. The third-order valence-electron chi connectivity index (χ3n) is 1.96. The number of benzene rings is 1. The molecule has 0 unspecified atom stereocenters. The quantitative estimate of drug-likeness (QED) is 0.692. The maximum atomic E-state index is 11.7. The Kier molecular flexibility index (Phi) is 2.42. The van der Waals surface area contributed by atoms with Gasteiger partial charge in [-0.25, -0.2) is 9.78 Å². The predicted molar refractivity (Wildman–Crippen MR) is 59.2 cm³/mol. The summed E-state index contributed by atoms with van der Waals surface area (Å²) >= 11 is 0. The number of hydrogen-bond donors (Lipinski definition) is 0. The van der Waals surface area contributed by atoms with Crippen molar-refractivity contribution >= 4 is 17.1 Å².